The number of ether oxygens (including phenoxy) is 1. The van der Waals surface area contributed by atoms with Gasteiger partial charge in [0.1, 0.15) is 12.1 Å². The van der Waals surface area contributed by atoms with Gasteiger partial charge in [-0.05, 0) is 40.5 Å². The first-order valence-corrected chi connectivity index (χ1v) is 16.7. The number of benzene rings is 2. The van der Waals surface area contributed by atoms with Crippen molar-refractivity contribution in [1.82, 2.24) is 31.4 Å². The monoisotopic (exact) mass is 688 g/mol. The maximum Gasteiger partial charge on any atom is 0.407 e. The fourth-order valence-electron chi connectivity index (χ4n) is 5.41. The van der Waals surface area contributed by atoms with Crippen molar-refractivity contribution in [3.63, 3.8) is 0 Å². The zero-order valence-corrected chi connectivity index (χ0v) is 30.3. The van der Waals surface area contributed by atoms with E-state index in [1.54, 1.807) is 11.2 Å². The van der Waals surface area contributed by atoms with E-state index in [0.29, 0.717) is 0 Å². The topological polar surface area (TPSA) is 162 Å². The third kappa shape index (κ3) is 12.3. The second-order valence-corrected chi connectivity index (χ2v) is 14.6. The zero-order valence-electron chi connectivity index (χ0n) is 30.3. The van der Waals surface area contributed by atoms with Gasteiger partial charge in [-0.25, -0.2) is 9.80 Å². The second kappa shape index (κ2) is 17.7. The fraction of sp³-hybridized carbons (Fsp3) is 0.447. The lowest BCUT2D eigenvalue weighted by atomic mass is 9.85. The Bertz CT molecular complexity index is 1550. The number of aliphatic hydroxyl groups excluding tert-OH is 1. The third-order valence-corrected chi connectivity index (χ3v) is 8.11. The van der Waals surface area contributed by atoms with Gasteiger partial charge in [0.25, 0.3) is 5.91 Å². The number of carbonyl (C=O) groups excluding carboxylic acids is 4. The SMILES string of the molecule is COC(=O)N[C@@H](C(=O)NN(Cc1ccc(-c2ccccn2)cc1)C[C@H](O)[C@H](Cc1ccccc1)NC(=O)[C@@H](NC(C)=O)C(C)(C)C)C(C)(C)C. The molecule has 0 saturated carbocycles. The molecule has 4 amide bonds. The molecule has 0 saturated heterocycles. The number of nitrogens with one attached hydrogen (secondary N) is 4. The Morgan fingerprint density at radius 1 is 0.780 bits per heavy atom. The minimum atomic E-state index is -1.19. The van der Waals surface area contributed by atoms with Crippen molar-refractivity contribution in [3.8, 4) is 11.3 Å². The molecule has 270 valence electrons. The summed E-state index contributed by atoms with van der Waals surface area (Å²) in [6, 6.07) is 20.1. The van der Waals surface area contributed by atoms with E-state index in [9.17, 15) is 24.3 Å². The van der Waals surface area contributed by atoms with Crippen LogP contribution in [0.4, 0.5) is 4.79 Å². The lowest BCUT2D eigenvalue weighted by molar-refractivity contribution is -0.133. The number of rotatable bonds is 14. The Labute approximate surface area is 295 Å². The van der Waals surface area contributed by atoms with Crippen LogP contribution in [0.5, 0.6) is 0 Å². The maximum absolute atomic E-state index is 13.8. The Morgan fingerprint density at radius 3 is 1.92 bits per heavy atom. The van der Waals surface area contributed by atoms with E-state index < -0.39 is 53.0 Å². The Balaban J connectivity index is 1.95. The molecule has 1 heterocycles. The van der Waals surface area contributed by atoms with Gasteiger partial charge >= 0.3 is 6.09 Å². The molecule has 0 unspecified atom stereocenters. The number of nitrogens with zero attached hydrogens (tertiary/aromatic N) is 2. The van der Waals surface area contributed by atoms with E-state index in [2.05, 4.69) is 26.4 Å². The molecule has 0 bridgehead atoms. The molecule has 0 spiro atoms. The molecule has 4 atom stereocenters. The van der Waals surface area contributed by atoms with Crippen molar-refractivity contribution in [2.24, 2.45) is 10.8 Å². The predicted octanol–water partition coefficient (Wildman–Crippen LogP) is 3.99. The van der Waals surface area contributed by atoms with E-state index >= 15 is 0 Å². The fourth-order valence-corrected chi connectivity index (χ4v) is 5.41. The molecule has 1 aromatic heterocycles. The number of alkyl carbamates (subject to hydrolysis) is 1. The molecule has 50 heavy (non-hydrogen) atoms. The summed E-state index contributed by atoms with van der Waals surface area (Å²) in [7, 11) is 1.22. The standard InChI is InChI=1S/C38H52N6O6/c1-25(45)40-32(37(2,3)4)34(47)41-30(22-26-14-10-9-11-15-26)31(46)24-44(43-35(48)33(38(5,6)7)42-36(49)50-8)23-27-17-19-28(20-18-27)29-16-12-13-21-39-29/h9-21,30-33,46H,22-24H2,1-8H3,(H,40,45)(H,41,47)(H,42,49)(H,43,48)/t30-,31-,32+,33-/m0/s1. The molecule has 12 heteroatoms. The number of hydrogen-bond donors (Lipinski definition) is 5. The molecule has 3 rings (SSSR count). The third-order valence-electron chi connectivity index (χ3n) is 8.11. The minimum absolute atomic E-state index is 0.0963. The van der Waals surface area contributed by atoms with Crippen molar-refractivity contribution in [2.75, 3.05) is 13.7 Å². The molecule has 0 aliphatic heterocycles. The first-order chi connectivity index (χ1) is 23.5. The molecular formula is C38H52N6O6. The maximum atomic E-state index is 13.8. The second-order valence-electron chi connectivity index (χ2n) is 14.6. The highest BCUT2D eigenvalue weighted by Gasteiger charge is 2.37. The summed E-state index contributed by atoms with van der Waals surface area (Å²) < 4.78 is 4.78. The molecule has 0 fully saturated rings. The molecular weight excluding hydrogens is 636 g/mol. The molecule has 0 radical (unpaired) electrons. The summed E-state index contributed by atoms with van der Waals surface area (Å²) in [5.41, 5.74) is 5.03. The molecule has 3 aromatic rings. The van der Waals surface area contributed by atoms with E-state index in [0.717, 1.165) is 22.4 Å². The Hall–Kier alpha value is -4.81. The lowest BCUT2D eigenvalue weighted by Crippen LogP contribution is -2.60. The smallest absolute Gasteiger partial charge is 0.407 e. The van der Waals surface area contributed by atoms with Crippen LogP contribution < -0.4 is 21.4 Å². The van der Waals surface area contributed by atoms with Gasteiger partial charge in [0, 0.05) is 31.8 Å². The van der Waals surface area contributed by atoms with Crippen molar-refractivity contribution in [2.45, 2.75) is 85.7 Å². The van der Waals surface area contributed by atoms with Crippen LogP contribution in [0.25, 0.3) is 11.3 Å². The average Bonchev–Trinajstić information content (AvgIpc) is 3.05. The van der Waals surface area contributed by atoms with Crippen molar-refractivity contribution < 1.29 is 29.0 Å². The van der Waals surface area contributed by atoms with Gasteiger partial charge < -0.3 is 25.8 Å². The van der Waals surface area contributed by atoms with Crippen LogP contribution in [0.3, 0.4) is 0 Å². The summed E-state index contributed by atoms with van der Waals surface area (Å²) in [6.07, 6.45) is 0.0574. The van der Waals surface area contributed by atoms with Crippen molar-refractivity contribution in [1.29, 1.82) is 0 Å². The number of aromatic nitrogens is 1. The normalized spacial score (nSPS) is 14.1. The number of hydrogen-bond acceptors (Lipinski definition) is 8. The first-order valence-electron chi connectivity index (χ1n) is 16.7. The van der Waals surface area contributed by atoms with Gasteiger partial charge in [-0.1, -0.05) is 102 Å². The number of hydrazine groups is 1. The van der Waals surface area contributed by atoms with Crippen LogP contribution in [0.2, 0.25) is 0 Å². The van der Waals surface area contributed by atoms with Crippen LogP contribution in [0, 0.1) is 10.8 Å². The number of carbonyl (C=O) groups is 4. The first kappa shape index (κ1) is 39.6. The van der Waals surface area contributed by atoms with Crippen LogP contribution in [0.1, 0.15) is 59.6 Å². The van der Waals surface area contributed by atoms with Crippen molar-refractivity contribution in [3.05, 3.63) is 90.1 Å². The Morgan fingerprint density at radius 2 is 1.38 bits per heavy atom. The number of methoxy groups -OCH3 is 1. The van der Waals surface area contributed by atoms with Crippen LogP contribution in [0.15, 0.2) is 79.0 Å². The summed E-state index contributed by atoms with van der Waals surface area (Å²) in [4.78, 5) is 56.1. The quantitative estimate of drug-likeness (QED) is 0.159. The highest BCUT2D eigenvalue weighted by atomic mass is 16.5. The molecule has 5 N–H and O–H groups in total. The summed E-state index contributed by atoms with van der Waals surface area (Å²) >= 11 is 0. The van der Waals surface area contributed by atoms with Gasteiger partial charge in [0.2, 0.25) is 11.8 Å². The summed E-state index contributed by atoms with van der Waals surface area (Å²) in [6.45, 7) is 12.4. The highest BCUT2D eigenvalue weighted by Crippen LogP contribution is 2.22. The number of amides is 4. The van der Waals surface area contributed by atoms with Crippen LogP contribution >= 0.6 is 0 Å². The average molecular weight is 689 g/mol. The minimum Gasteiger partial charge on any atom is -0.453 e. The summed E-state index contributed by atoms with van der Waals surface area (Å²) in [5, 5.41) is 21.7. The molecule has 2 aromatic carbocycles. The van der Waals surface area contributed by atoms with E-state index in [1.165, 1.54) is 14.0 Å². The Kier molecular flexibility index (Phi) is 14.0. The van der Waals surface area contributed by atoms with Crippen molar-refractivity contribution >= 4 is 23.8 Å². The number of pyridine rings is 1. The molecule has 0 aliphatic rings. The van der Waals surface area contributed by atoms with Crippen LogP contribution in [-0.4, -0.2) is 76.8 Å². The van der Waals surface area contributed by atoms with Gasteiger partial charge in [-0.3, -0.25) is 24.8 Å². The predicted molar refractivity (Wildman–Crippen MR) is 192 cm³/mol. The largest absolute Gasteiger partial charge is 0.453 e. The van der Waals surface area contributed by atoms with E-state index in [-0.39, 0.29) is 25.4 Å². The zero-order chi connectivity index (χ0) is 37.1. The van der Waals surface area contributed by atoms with E-state index in [1.807, 2.05) is 114 Å². The van der Waals surface area contributed by atoms with Gasteiger partial charge in [0.05, 0.1) is 24.9 Å². The highest BCUT2D eigenvalue weighted by molar-refractivity contribution is 5.88. The van der Waals surface area contributed by atoms with Gasteiger partial charge in [0.15, 0.2) is 0 Å². The van der Waals surface area contributed by atoms with Gasteiger partial charge in [-0.2, -0.15) is 0 Å². The van der Waals surface area contributed by atoms with Crippen LogP contribution in [-0.2, 0) is 32.1 Å². The summed E-state index contributed by atoms with van der Waals surface area (Å²) in [5.74, 6) is -1.30. The molecule has 0 aliphatic carbocycles. The van der Waals surface area contributed by atoms with E-state index in [4.69, 9.17) is 4.74 Å². The molecule has 12 nitrogen and oxygen atoms in total. The lowest BCUT2D eigenvalue weighted by Gasteiger charge is -2.35. The number of aliphatic hydroxyl groups is 1. The van der Waals surface area contributed by atoms with Gasteiger partial charge in [-0.15, -0.1) is 0 Å².